The average Bonchev–Trinajstić information content (AvgIpc) is 2.75. The number of hydrogen-bond donors (Lipinski definition) is 2. The van der Waals surface area contributed by atoms with Crippen LogP contribution in [0.2, 0.25) is 0 Å². The topological polar surface area (TPSA) is 71.3 Å². The molecule has 0 aliphatic rings. The second kappa shape index (κ2) is 5.52. The quantitative estimate of drug-likeness (QED) is 0.813. The SMILES string of the molecule is CCn1cccc1C(=O)NC(C)C(C)C(=O)O. The number of carbonyl (C=O) groups excluding carboxylic acids is 1. The second-order valence-corrected chi connectivity index (χ2v) is 4.07. The zero-order valence-electron chi connectivity index (χ0n) is 10.3. The minimum atomic E-state index is -0.913. The van der Waals surface area contributed by atoms with Crippen molar-refractivity contribution in [2.75, 3.05) is 0 Å². The number of carboxylic acid groups (broad SMARTS) is 1. The summed E-state index contributed by atoms with van der Waals surface area (Å²) in [7, 11) is 0. The third kappa shape index (κ3) is 3.09. The first-order chi connectivity index (χ1) is 7.97. The standard InChI is InChI=1S/C12H18N2O3/c1-4-14-7-5-6-10(14)11(15)13-9(3)8(2)12(16)17/h5-9H,4H2,1-3H3,(H,13,15)(H,16,17). The Kier molecular flexibility index (Phi) is 4.31. The summed E-state index contributed by atoms with van der Waals surface area (Å²) in [6.45, 7) is 5.92. The van der Waals surface area contributed by atoms with Crippen molar-refractivity contribution >= 4 is 11.9 Å². The van der Waals surface area contributed by atoms with Crippen LogP contribution in [-0.2, 0) is 11.3 Å². The van der Waals surface area contributed by atoms with Gasteiger partial charge in [0.2, 0.25) is 0 Å². The molecule has 2 atom stereocenters. The normalized spacial score (nSPS) is 14.1. The Morgan fingerprint density at radius 3 is 2.65 bits per heavy atom. The number of aliphatic carboxylic acids is 1. The lowest BCUT2D eigenvalue weighted by Gasteiger charge is -2.18. The molecule has 1 amide bonds. The maximum atomic E-state index is 11.9. The lowest BCUT2D eigenvalue weighted by molar-refractivity contribution is -0.141. The highest BCUT2D eigenvalue weighted by Crippen LogP contribution is 2.06. The van der Waals surface area contributed by atoms with Crippen LogP contribution >= 0.6 is 0 Å². The van der Waals surface area contributed by atoms with E-state index in [1.807, 2.05) is 17.7 Å². The Morgan fingerprint density at radius 1 is 1.47 bits per heavy atom. The number of carbonyl (C=O) groups is 2. The van der Waals surface area contributed by atoms with Gasteiger partial charge in [-0.15, -0.1) is 0 Å². The summed E-state index contributed by atoms with van der Waals surface area (Å²) in [5, 5.41) is 11.5. The zero-order chi connectivity index (χ0) is 13.0. The van der Waals surface area contributed by atoms with Crippen molar-refractivity contribution in [3.05, 3.63) is 24.0 Å². The predicted octanol–water partition coefficient (Wildman–Crippen LogP) is 1.35. The Balaban J connectivity index is 2.70. The molecule has 0 aliphatic heterocycles. The fourth-order valence-corrected chi connectivity index (χ4v) is 1.52. The van der Waals surface area contributed by atoms with Gasteiger partial charge in [-0.25, -0.2) is 0 Å². The number of carboxylic acids is 1. The van der Waals surface area contributed by atoms with Crippen molar-refractivity contribution in [3.8, 4) is 0 Å². The molecule has 2 unspecified atom stereocenters. The minimum Gasteiger partial charge on any atom is -0.481 e. The fraction of sp³-hybridized carbons (Fsp3) is 0.500. The minimum absolute atomic E-state index is 0.238. The molecule has 0 saturated carbocycles. The molecule has 17 heavy (non-hydrogen) atoms. The van der Waals surface area contributed by atoms with Gasteiger partial charge in [-0.1, -0.05) is 0 Å². The van der Waals surface area contributed by atoms with Crippen molar-refractivity contribution in [1.29, 1.82) is 0 Å². The summed E-state index contributed by atoms with van der Waals surface area (Å²) in [6.07, 6.45) is 1.82. The molecule has 1 aromatic heterocycles. The van der Waals surface area contributed by atoms with Gasteiger partial charge >= 0.3 is 5.97 Å². The number of amides is 1. The molecule has 2 N–H and O–H groups in total. The van der Waals surface area contributed by atoms with E-state index in [0.717, 1.165) is 0 Å². The number of hydrogen-bond acceptors (Lipinski definition) is 2. The van der Waals surface area contributed by atoms with Gasteiger partial charge in [0, 0.05) is 18.8 Å². The maximum Gasteiger partial charge on any atom is 0.308 e. The molecule has 0 fully saturated rings. The lowest BCUT2D eigenvalue weighted by Crippen LogP contribution is -2.40. The van der Waals surface area contributed by atoms with E-state index >= 15 is 0 Å². The first-order valence-electron chi connectivity index (χ1n) is 5.66. The average molecular weight is 238 g/mol. The Labute approximate surface area is 100 Å². The smallest absolute Gasteiger partial charge is 0.308 e. The van der Waals surface area contributed by atoms with Crippen LogP contribution in [-0.4, -0.2) is 27.6 Å². The molecule has 5 heteroatoms. The van der Waals surface area contributed by atoms with Gasteiger partial charge in [0.05, 0.1) is 5.92 Å². The van der Waals surface area contributed by atoms with Crippen LogP contribution in [0.25, 0.3) is 0 Å². The number of rotatable bonds is 5. The Morgan fingerprint density at radius 2 is 2.12 bits per heavy atom. The van der Waals surface area contributed by atoms with Crippen LogP contribution in [0.1, 0.15) is 31.3 Å². The Bertz CT molecular complexity index is 412. The van der Waals surface area contributed by atoms with Gasteiger partial charge in [-0.2, -0.15) is 0 Å². The lowest BCUT2D eigenvalue weighted by atomic mass is 10.0. The van der Waals surface area contributed by atoms with Gasteiger partial charge in [0.25, 0.3) is 5.91 Å². The van der Waals surface area contributed by atoms with Crippen molar-refractivity contribution in [1.82, 2.24) is 9.88 Å². The first kappa shape index (κ1) is 13.3. The van der Waals surface area contributed by atoms with E-state index in [9.17, 15) is 9.59 Å². The van der Waals surface area contributed by atoms with E-state index < -0.39 is 17.9 Å². The van der Waals surface area contributed by atoms with E-state index in [4.69, 9.17) is 5.11 Å². The molecule has 1 heterocycles. The molecule has 0 spiro atoms. The summed E-state index contributed by atoms with van der Waals surface area (Å²) in [5.41, 5.74) is 0.553. The summed E-state index contributed by atoms with van der Waals surface area (Å²) >= 11 is 0. The van der Waals surface area contributed by atoms with E-state index in [-0.39, 0.29) is 5.91 Å². The highest BCUT2D eigenvalue weighted by Gasteiger charge is 2.22. The number of aromatic nitrogens is 1. The van der Waals surface area contributed by atoms with Crippen molar-refractivity contribution < 1.29 is 14.7 Å². The monoisotopic (exact) mass is 238 g/mol. The van der Waals surface area contributed by atoms with Crippen LogP contribution in [0, 0.1) is 5.92 Å². The second-order valence-electron chi connectivity index (χ2n) is 4.07. The maximum absolute atomic E-state index is 11.9. The van der Waals surface area contributed by atoms with Gasteiger partial charge in [0.15, 0.2) is 0 Å². The molecular weight excluding hydrogens is 220 g/mol. The molecule has 0 saturated heterocycles. The van der Waals surface area contributed by atoms with Crippen LogP contribution in [0.3, 0.4) is 0 Å². The van der Waals surface area contributed by atoms with E-state index in [2.05, 4.69) is 5.32 Å². The molecule has 0 bridgehead atoms. The third-order valence-corrected chi connectivity index (χ3v) is 2.90. The van der Waals surface area contributed by atoms with Crippen molar-refractivity contribution in [2.24, 2.45) is 5.92 Å². The number of aryl methyl sites for hydroxylation is 1. The molecule has 1 rings (SSSR count). The van der Waals surface area contributed by atoms with Crippen molar-refractivity contribution in [3.63, 3.8) is 0 Å². The highest BCUT2D eigenvalue weighted by molar-refractivity contribution is 5.93. The van der Waals surface area contributed by atoms with Crippen LogP contribution in [0.5, 0.6) is 0 Å². The molecule has 0 aliphatic carbocycles. The van der Waals surface area contributed by atoms with E-state index in [0.29, 0.717) is 12.2 Å². The molecule has 0 aromatic carbocycles. The Hall–Kier alpha value is -1.78. The van der Waals surface area contributed by atoms with Gasteiger partial charge in [-0.05, 0) is 32.9 Å². The number of nitrogens with zero attached hydrogens (tertiary/aromatic N) is 1. The van der Waals surface area contributed by atoms with Crippen LogP contribution in [0.15, 0.2) is 18.3 Å². The largest absolute Gasteiger partial charge is 0.481 e. The van der Waals surface area contributed by atoms with E-state index in [1.165, 1.54) is 0 Å². The molecule has 94 valence electrons. The van der Waals surface area contributed by atoms with Gasteiger partial charge < -0.3 is 15.0 Å². The molecule has 1 aromatic rings. The number of nitrogens with one attached hydrogen (secondary N) is 1. The highest BCUT2D eigenvalue weighted by atomic mass is 16.4. The van der Waals surface area contributed by atoms with Crippen LogP contribution < -0.4 is 5.32 Å². The van der Waals surface area contributed by atoms with Crippen molar-refractivity contribution in [2.45, 2.75) is 33.4 Å². The van der Waals surface area contributed by atoms with Crippen LogP contribution in [0.4, 0.5) is 0 Å². The molecule has 0 radical (unpaired) electrons. The predicted molar refractivity (Wildman–Crippen MR) is 63.8 cm³/mol. The zero-order valence-corrected chi connectivity index (χ0v) is 10.3. The molecular formula is C12H18N2O3. The molecule has 5 nitrogen and oxygen atoms in total. The third-order valence-electron chi connectivity index (χ3n) is 2.90. The summed E-state index contributed by atoms with van der Waals surface area (Å²) in [4.78, 5) is 22.7. The summed E-state index contributed by atoms with van der Waals surface area (Å²) in [6, 6.07) is 3.11. The van der Waals surface area contributed by atoms with E-state index in [1.54, 1.807) is 26.0 Å². The fourth-order valence-electron chi connectivity index (χ4n) is 1.52. The summed E-state index contributed by atoms with van der Waals surface area (Å²) in [5.74, 6) is -1.76. The van der Waals surface area contributed by atoms with Gasteiger partial charge in [-0.3, -0.25) is 9.59 Å². The first-order valence-corrected chi connectivity index (χ1v) is 5.66. The summed E-state index contributed by atoms with van der Waals surface area (Å²) < 4.78 is 1.81. The van der Waals surface area contributed by atoms with Gasteiger partial charge in [0.1, 0.15) is 5.69 Å².